The summed E-state index contributed by atoms with van der Waals surface area (Å²) in [4.78, 5) is 7.06. The molecule has 1 saturated heterocycles. The normalized spacial score (nSPS) is 23.2. The van der Waals surface area contributed by atoms with Crippen molar-refractivity contribution in [2.75, 3.05) is 19.6 Å². The number of thiazole rings is 1. The number of aromatic nitrogens is 1. The Balaban J connectivity index is 0.00000133. The van der Waals surface area contributed by atoms with Crippen LogP contribution in [0.25, 0.3) is 0 Å². The van der Waals surface area contributed by atoms with Crippen LogP contribution < -0.4 is 5.32 Å². The summed E-state index contributed by atoms with van der Waals surface area (Å²) in [6.07, 6.45) is 8.59. The quantitative estimate of drug-likeness (QED) is 0.905. The highest BCUT2D eigenvalue weighted by molar-refractivity contribution is 7.15. The van der Waals surface area contributed by atoms with Gasteiger partial charge in [-0.25, -0.2) is 4.98 Å². The summed E-state index contributed by atoms with van der Waals surface area (Å²) in [6.45, 7) is 4.35. The third-order valence-electron chi connectivity index (χ3n) is 4.32. The molecule has 1 aliphatic carbocycles. The molecule has 1 saturated carbocycles. The first kappa shape index (κ1) is 15.5. The van der Waals surface area contributed by atoms with Crippen LogP contribution in [0.15, 0.2) is 6.20 Å². The number of nitrogens with one attached hydrogen (secondary N) is 1. The Morgan fingerprint density at radius 1 is 1.37 bits per heavy atom. The van der Waals surface area contributed by atoms with Crippen LogP contribution in [-0.4, -0.2) is 35.1 Å². The number of halogens is 2. The van der Waals surface area contributed by atoms with Gasteiger partial charge in [-0.2, -0.15) is 0 Å². The van der Waals surface area contributed by atoms with E-state index < -0.39 is 0 Å². The molecular formula is C13H21Cl2N3S. The Morgan fingerprint density at radius 2 is 2.16 bits per heavy atom. The van der Waals surface area contributed by atoms with Crippen molar-refractivity contribution in [3.8, 4) is 0 Å². The van der Waals surface area contributed by atoms with E-state index in [9.17, 15) is 0 Å². The molecule has 3 rings (SSSR count). The van der Waals surface area contributed by atoms with E-state index in [0.29, 0.717) is 5.54 Å². The Labute approximate surface area is 130 Å². The van der Waals surface area contributed by atoms with Crippen molar-refractivity contribution < 1.29 is 0 Å². The van der Waals surface area contributed by atoms with E-state index in [0.717, 1.165) is 35.5 Å². The highest BCUT2D eigenvalue weighted by Gasteiger charge is 2.39. The Bertz CT molecular complexity index is 396. The van der Waals surface area contributed by atoms with E-state index in [1.807, 2.05) is 0 Å². The molecule has 0 unspecified atom stereocenters. The van der Waals surface area contributed by atoms with E-state index >= 15 is 0 Å². The summed E-state index contributed by atoms with van der Waals surface area (Å²) >= 11 is 7.60. The van der Waals surface area contributed by atoms with Crippen molar-refractivity contribution in [3.05, 3.63) is 15.5 Å². The summed E-state index contributed by atoms with van der Waals surface area (Å²) in [7, 11) is 0. The van der Waals surface area contributed by atoms with Crippen molar-refractivity contribution in [2.24, 2.45) is 0 Å². The first-order chi connectivity index (χ1) is 8.78. The first-order valence-corrected chi connectivity index (χ1v) is 8.04. The van der Waals surface area contributed by atoms with Gasteiger partial charge in [0, 0.05) is 25.2 Å². The van der Waals surface area contributed by atoms with Gasteiger partial charge in [0.2, 0.25) is 0 Å². The minimum atomic E-state index is 0. The average molecular weight is 322 g/mol. The maximum absolute atomic E-state index is 5.98. The Kier molecular flexibility index (Phi) is 5.49. The molecule has 2 fully saturated rings. The van der Waals surface area contributed by atoms with E-state index in [2.05, 4.69) is 15.2 Å². The third-order valence-corrected chi connectivity index (χ3v) is 5.42. The van der Waals surface area contributed by atoms with Crippen molar-refractivity contribution in [3.63, 3.8) is 0 Å². The predicted molar refractivity (Wildman–Crippen MR) is 83.5 cm³/mol. The molecule has 1 spiro atoms. The van der Waals surface area contributed by atoms with E-state index in [4.69, 9.17) is 11.6 Å². The predicted octanol–water partition coefficient (Wildman–Crippen LogP) is 3.33. The van der Waals surface area contributed by atoms with Crippen LogP contribution >= 0.6 is 35.3 Å². The largest absolute Gasteiger partial charge is 0.314 e. The minimum absolute atomic E-state index is 0. The average Bonchev–Trinajstić information content (AvgIpc) is 2.79. The highest BCUT2D eigenvalue weighted by Crippen LogP contribution is 2.36. The number of nitrogens with zero attached hydrogens (tertiary/aromatic N) is 2. The minimum Gasteiger partial charge on any atom is -0.314 e. The van der Waals surface area contributed by atoms with Crippen molar-refractivity contribution in [2.45, 2.75) is 44.2 Å². The summed E-state index contributed by atoms with van der Waals surface area (Å²) in [6, 6.07) is 0. The van der Waals surface area contributed by atoms with Gasteiger partial charge in [0.25, 0.3) is 0 Å². The fourth-order valence-electron chi connectivity index (χ4n) is 3.36. The molecule has 0 bridgehead atoms. The van der Waals surface area contributed by atoms with Gasteiger partial charge in [-0.05, 0) is 12.8 Å². The van der Waals surface area contributed by atoms with Crippen molar-refractivity contribution in [1.82, 2.24) is 15.2 Å². The molecule has 1 aliphatic heterocycles. The van der Waals surface area contributed by atoms with Crippen LogP contribution in [0.5, 0.6) is 0 Å². The first-order valence-electron chi connectivity index (χ1n) is 6.85. The number of hydrogen-bond acceptors (Lipinski definition) is 4. The molecule has 1 N–H and O–H groups in total. The maximum atomic E-state index is 5.98. The third kappa shape index (κ3) is 3.42. The fourth-order valence-corrected chi connectivity index (χ4v) is 4.33. The zero-order valence-corrected chi connectivity index (χ0v) is 13.4. The molecule has 1 aromatic rings. The van der Waals surface area contributed by atoms with Crippen LogP contribution in [0.1, 0.15) is 37.1 Å². The van der Waals surface area contributed by atoms with Gasteiger partial charge in [-0.1, -0.05) is 30.9 Å². The van der Waals surface area contributed by atoms with Crippen LogP contribution in [0.3, 0.4) is 0 Å². The van der Waals surface area contributed by atoms with Gasteiger partial charge in [0.15, 0.2) is 0 Å². The second-order valence-electron chi connectivity index (χ2n) is 5.44. The van der Waals surface area contributed by atoms with Gasteiger partial charge in [-0.3, -0.25) is 4.90 Å². The van der Waals surface area contributed by atoms with Crippen LogP contribution in [-0.2, 0) is 6.54 Å². The lowest BCUT2D eigenvalue weighted by atomic mass is 9.79. The monoisotopic (exact) mass is 321 g/mol. The molecule has 2 heterocycles. The molecular weight excluding hydrogens is 301 g/mol. The van der Waals surface area contributed by atoms with Crippen LogP contribution in [0.4, 0.5) is 0 Å². The number of rotatable bonds is 2. The van der Waals surface area contributed by atoms with Crippen LogP contribution in [0, 0.1) is 0 Å². The number of hydrogen-bond donors (Lipinski definition) is 1. The second kappa shape index (κ2) is 6.72. The van der Waals surface area contributed by atoms with Gasteiger partial charge < -0.3 is 5.32 Å². The van der Waals surface area contributed by atoms with Crippen LogP contribution in [0.2, 0.25) is 4.34 Å². The summed E-state index contributed by atoms with van der Waals surface area (Å²) in [5.41, 5.74) is 0.384. The second-order valence-corrected chi connectivity index (χ2v) is 7.19. The topological polar surface area (TPSA) is 28.2 Å². The molecule has 0 aromatic carbocycles. The molecule has 19 heavy (non-hydrogen) atoms. The van der Waals surface area contributed by atoms with Crippen molar-refractivity contribution in [1.29, 1.82) is 0 Å². The van der Waals surface area contributed by atoms with E-state index in [-0.39, 0.29) is 12.4 Å². The summed E-state index contributed by atoms with van der Waals surface area (Å²) < 4.78 is 0.804. The molecule has 108 valence electrons. The van der Waals surface area contributed by atoms with Gasteiger partial charge >= 0.3 is 0 Å². The van der Waals surface area contributed by atoms with Gasteiger partial charge in [-0.15, -0.1) is 23.7 Å². The molecule has 0 amide bonds. The smallest absolute Gasteiger partial charge is 0.113 e. The molecule has 3 nitrogen and oxygen atoms in total. The lowest BCUT2D eigenvalue weighted by Crippen LogP contribution is -2.61. The van der Waals surface area contributed by atoms with Gasteiger partial charge in [0.05, 0.1) is 12.7 Å². The summed E-state index contributed by atoms with van der Waals surface area (Å²) in [5, 5.41) is 4.74. The SMILES string of the molecule is Cl.Clc1cnc(CN2CCNCC23CCCCC3)s1. The van der Waals surface area contributed by atoms with E-state index in [1.165, 1.54) is 32.1 Å². The zero-order valence-electron chi connectivity index (χ0n) is 11.0. The Morgan fingerprint density at radius 3 is 2.84 bits per heavy atom. The molecule has 1 aromatic heterocycles. The molecule has 6 heteroatoms. The standard InChI is InChI=1S/C13H20ClN3S.ClH/c14-11-8-16-12(18-11)9-17-7-6-15-10-13(17)4-2-1-3-5-13;/h8,15H,1-7,9-10H2;1H. The maximum Gasteiger partial charge on any atom is 0.113 e. The summed E-state index contributed by atoms with van der Waals surface area (Å²) in [5.74, 6) is 0. The molecule has 2 aliphatic rings. The number of piperazine rings is 1. The lowest BCUT2D eigenvalue weighted by molar-refractivity contribution is 0.0208. The Hall–Kier alpha value is 0.130. The fraction of sp³-hybridized carbons (Fsp3) is 0.769. The molecule has 0 radical (unpaired) electrons. The van der Waals surface area contributed by atoms with E-state index in [1.54, 1.807) is 17.5 Å². The lowest BCUT2D eigenvalue weighted by Gasteiger charge is -2.49. The zero-order chi connectivity index (χ0) is 12.4. The van der Waals surface area contributed by atoms with Crippen molar-refractivity contribution >= 4 is 35.3 Å². The molecule has 0 atom stereocenters. The van der Waals surface area contributed by atoms with Gasteiger partial charge in [0.1, 0.15) is 9.34 Å². The highest BCUT2D eigenvalue weighted by atomic mass is 35.5.